The van der Waals surface area contributed by atoms with Crippen molar-refractivity contribution in [3.05, 3.63) is 212 Å². The van der Waals surface area contributed by atoms with E-state index in [2.05, 4.69) is 182 Å². The van der Waals surface area contributed by atoms with Gasteiger partial charge in [0.25, 0.3) is 0 Å². The van der Waals surface area contributed by atoms with Crippen molar-refractivity contribution in [1.82, 2.24) is 15.0 Å². The van der Waals surface area contributed by atoms with E-state index in [0.29, 0.717) is 17.5 Å². The highest BCUT2D eigenvalue weighted by atomic mass is 16.3. The Hall–Kier alpha value is -7.95. The van der Waals surface area contributed by atoms with E-state index in [9.17, 15) is 0 Å². The Kier molecular flexibility index (Phi) is 8.45. The molecular formula is C55H35N3O. The van der Waals surface area contributed by atoms with Crippen LogP contribution in [-0.2, 0) is 0 Å². The summed E-state index contributed by atoms with van der Waals surface area (Å²) in [5.41, 5.74) is 13.4. The summed E-state index contributed by atoms with van der Waals surface area (Å²) < 4.78 is 6.74. The zero-order chi connectivity index (χ0) is 39.1. The summed E-state index contributed by atoms with van der Waals surface area (Å²) in [6.45, 7) is 0. The molecule has 2 aromatic heterocycles. The predicted octanol–water partition coefficient (Wildman–Crippen LogP) is 14.6. The normalized spacial score (nSPS) is 11.4. The molecule has 0 bridgehead atoms. The van der Waals surface area contributed by atoms with Crippen LogP contribution in [0.5, 0.6) is 0 Å². The topological polar surface area (TPSA) is 51.8 Å². The fraction of sp³-hybridized carbons (Fsp3) is 0. The lowest BCUT2D eigenvalue weighted by molar-refractivity contribution is 0.670. The number of hydrogen-bond donors (Lipinski definition) is 0. The highest BCUT2D eigenvalue weighted by Gasteiger charge is 2.21. The molecule has 11 aromatic rings. The van der Waals surface area contributed by atoms with Crippen molar-refractivity contribution in [2.24, 2.45) is 0 Å². The molecule has 0 amide bonds. The first-order valence-corrected chi connectivity index (χ1v) is 19.9. The molecule has 0 fully saturated rings. The third-order valence-electron chi connectivity index (χ3n) is 11.2. The van der Waals surface area contributed by atoms with Crippen molar-refractivity contribution in [2.75, 3.05) is 0 Å². The summed E-state index contributed by atoms with van der Waals surface area (Å²) in [4.78, 5) is 15.8. The largest absolute Gasteiger partial charge is 0.455 e. The Labute approximate surface area is 341 Å². The number of fused-ring (bicyclic) bond motifs is 4. The molecule has 0 unspecified atom stereocenters. The molecule has 0 N–H and O–H groups in total. The third-order valence-corrected chi connectivity index (χ3v) is 11.2. The first-order chi connectivity index (χ1) is 29.2. The van der Waals surface area contributed by atoms with Crippen LogP contribution in [-0.4, -0.2) is 15.0 Å². The number of furan rings is 1. The minimum Gasteiger partial charge on any atom is -0.455 e. The molecule has 0 saturated heterocycles. The summed E-state index contributed by atoms with van der Waals surface area (Å²) in [6, 6.07) is 73.9. The Balaban J connectivity index is 1.09. The van der Waals surface area contributed by atoms with Gasteiger partial charge in [0.05, 0.1) is 0 Å². The van der Waals surface area contributed by atoms with Gasteiger partial charge < -0.3 is 4.42 Å². The standard InChI is InChI=1S/C55H35N3O/c1-4-14-36(15-5-1)38-28-32-41(33-29-38)44-21-11-25-48-51-49(26-13-27-50(51)59-52(44)48)55-57-53(42-34-30-39(31-35-42)37-16-6-2-7-17-37)56-54(58-55)47-24-12-22-45-43(20-10-23-46(45)47)40-18-8-3-9-19-40/h1-35H. The van der Waals surface area contributed by atoms with Gasteiger partial charge in [0.2, 0.25) is 0 Å². The summed E-state index contributed by atoms with van der Waals surface area (Å²) in [5, 5.41) is 4.19. The molecule has 59 heavy (non-hydrogen) atoms. The molecule has 0 aliphatic rings. The van der Waals surface area contributed by atoms with Crippen LogP contribution in [0.2, 0.25) is 0 Å². The van der Waals surface area contributed by atoms with Crippen LogP contribution in [0.1, 0.15) is 0 Å². The van der Waals surface area contributed by atoms with E-state index in [4.69, 9.17) is 19.4 Å². The number of para-hydroxylation sites is 1. The van der Waals surface area contributed by atoms with E-state index in [1.807, 2.05) is 30.3 Å². The Bertz CT molecular complexity index is 3280. The van der Waals surface area contributed by atoms with Crippen molar-refractivity contribution >= 4 is 32.7 Å². The van der Waals surface area contributed by atoms with Gasteiger partial charge in [-0.2, -0.15) is 0 Å². The predicted molar refractivity (Wildman–Crippen MR) is 243 cm³/mol. The monoisotopic (exact) mass is 753 g/mol. The molecule has 0 aliphatic carbocycles. The second kappa shape index (κ2) is 14.5. The van der Waals surface area contributed by atoms with Gasteiger partial charge in [-0.3, -0.25) is 0 Å². The number of nitrogens with zero attached hydrogens (tertiary/aromatic N) is 3. The zero-order valence-corrected chi connectivity index (χ0v) is 32.0. The van der Waals surface area contributed by atoms with Gasteiger partial charge in [0.15, 0.2) is 17.5 Å². The molecule has 0 radical (unpaired) electrons. The zero-order valence-electron chi connectivity index (χ0n) is 32.0. The molecule has 0 aliphatic heterocycles. The van der Waals surface area contributed by atoms with Gasteiger partial charge in [-0.25, -0.2) is 15.0 Å². The summed E-state index contributed by atoms with van der Waals surface area (Å²) in [7, 11) is 0. The van der Waals surface area contributed by atoms with Crippen molar-refractivity contribution in [3.63, 3.8) is 0 Å². The summed E-state index contributed by atoms with van der Waals surface area (Å²) in [5.74, 6) is 1.79. The van der Waals surface area contributed by atoms with E-state index in [0.717, 1.165) is 82.8 Å². The van der Waals surface area contributed by atoms with Crippen LogP contribution < -0.4 is 0 Å². The smallest absolute Gasteiger partial charge is 0.164 e. The van der Waals surface area contributed by atoms with E-state index < -0.39 is 0 Å². The molecule has 4 heteroatoms. The first-order valence-electron chi connectivity index (χ1n) is 19.9. The van der Waals surface area contributed by atoms with Crippen LogP contribution in [0.3, 0.4) is 0 Å². The van der Waals surface area contributed by atoms with E-state index in [1.165, 1.54) is 11.1 Å². The van der Waals surface area contributed by atoms with E-state index in [-0.39, 0.29) is 0 Å². The summed E-state index contributed by atoms with van der Waals surface area (Å²) >= 11 is 0. The Morgan fingerprint density at radius 2 is 0.661 bits per heavy atom. The second-order valence-corrected chi connectivity index (χ2v) is 14.7. The molecule has 0 spiro atoms. The third kappa shape index (κ3) is 6.24. The van der Waals surface area contributed by atoms with E-state index >= 15 is 0 Å². The lowest BCUT2D eigenvalue weighted by atomic mass is 9.95. The number of aromatic nitrogens is 3. The molecule has 9 aromatic carbocycles. The van der Waals surface area contributed by atoms with Crippen molar-refractivity contribution in [3.8, 4) is 78.7 Å². The second-order valence-electron chi connectivity index (χ2n) is 14.7. The maximum Gasteiger partial charge on any atom is 0.164 e. The lowest BCUT2D eigenvalue weighted by Crippen LogP contribution is -2.01. The van der Waals surface area contributed by atoms with Crippen LogP contribution >= 0.6 is 0 Å². The fourth-order valence-corrected chi connectivity index (χ4v) is 8.30. The van der Waals surface area contributed by atoms with Crippen molar-refractivity contribution < 1.29 is 4.42 Å². The minimum absolute atomic E-state index is 0.583. The van der Waals surface area contributed by atoms with E-state index in [1.54, 1.807) is 0 Å². The average molecular weight is 754 g/mol. The van der Waals surface area contributed by atoms with Crippen LogP contribution in [0, 0.1) is 0 Å². The quantitative estimate of drug-likeness (QED) is 0.163. The number of benzene rings is 9. The van der Waals surface area contributed by atoms with Gasteiger partial charge in [0.1, 0.15) is 11.2 Å². The highest BCUT2D eigenvalue weighted by molar-refractivity contribution is 6.15. The molecule has 11 rings (SSSR count). The number of hydrogen-bond acceptors (Lipinski definition) is 4. The van der Waals surface area contributed by atoms with Crippen LogP contribution in [0.4, 0.5) is 0 Å². The lowest BCUT2D eigenvalue weighted by Gasteiger charge is -2.13. The Morgan fingerprint density at radius 1 is 0.254 bits per heavy atom. The van der Waals surface area contributed by atoms with Crippen molar-refractivity contribution in [2.45, 2.75) is 0 Å². The van der Waals surface area contributed by atoms with Gasteiger partial charge in [-0.05, 0) is 55.8 Å². The minimum atomic E-state index is 0.583. The highest BCUT2D eigenvalue weighted by Crippen LogP contribution is 2.41. The molecule has 4 nitrogen and oxygen atoms in total. The molecule has 2 heterocycles. The van der Waals surface area contributed by atoms with Gasteiger partial charge >= 0.3 is 0 Å². The van der Waals surface area contributed by atoms with Crippen LogP contribution in [0.25, 0.3) is 111 Å². The fourth-order valence-electron chi connectivity index (χ4n) is 8.30. The number of rotatable bonds is 7. The summed E-state index contributed by atoms with van der Waals surface area (Å²) in [6.07, 6.45) is 0. The average Bonchev–Trinajstić information content (AvgIpc) is 3.71. The first kappa shape index (κ1) is 34.3. The van der Waals surface area contributed by atoms with Gasteiger partial charge in [-0.1, -0.05) is 206 Å². The van der Waals surface area contributed by atoms with Gasteiger partial charge in [0, 0.05) is 33.0 Å². The molecule has 0 atom stereocenters. The van der Waals surface area contributed by atoms with Gasteiger partial charge in [-0.15, -0.1) is 0 Å². The SMILES string of the molecule is c1ccc(-c2ccc(-c3nc(-c4cccc5c(-c6ccccc6)cccc45)nc(-c4cccc5oc6c(-c7ccc(-c8ccccc8)cc7)cccc6c45)n3)cc2)cc1. The van der Waals surface area contributed by atoms with Crippen LogP contribution in [0.15, 0.2) is 217 Å². The maximum absolute atomic E-state index is 6.74. The molecular weight excluding hydrogens is 719 g/mol. The van der Waals surface area contributed by atoms with Crippen molar-refractivity contribution in [1.29, 1.82) is 0 Å². The molecule has 276 valence electrons. The Morgan fingerprint density at radius 3 is 1.29 bits per heavy atom. The maximum atomic E-state index is 6.74. The molecule has 0 saturated carbocycles.